The molecule has 0 fully saturated rings. The SMILES string of the molecule is C/C=C\C(/C=C/c1ccccc1[N+](=O)[O-])=[N+](C)C.CC. The highest BCUT2D eigenvalue weighted by Crippen LogP contribution is 2.18. The summed E-state index contributed by atoms with van der Waals surface area (Å²) in [5, 5.41) is 10.9. The van der Waals surface area contributed by atoms with E-state index in [9.17, 15) is 10.1 Å². The molecule has 0 aliphatic heterocycles. The molecule has 0 bridgehead atoms. The van der Waals surface area contributed by atoms with Gasteiger partial charge in [0, 0.05) is 18.2 Å². The average molecular weight is 275 g/mol. The molecule has 1 aromatic rings. The molecule has 1 rings (SSSR count). The second-order valence-corrected chi connectivity index (χ2v) is 3.97. The van der Waals surface area contributed by atoms with Gasteiger partial charge in [0.1, 0.15) is 14.1 Å². The Kier molecular flexibility index (Phi) is 8.59. The average Bonchev–Trinajstić information content (AvgIpc) is 2.45. The summed E-state index contributed by atoms with van der Waals surface area (Å²) in [6, 6.07) is 6.69. The van der Waals surface area contributed by atoms with Gasteiger partial charge in [-0.2, -0.15) is 0 Å². The predicted octanol–water partition coefficient (Wildman–Crippen LogP) is 3.92. The van der Waals surface area contributed by atoms with E-state index in [0.29, 0.717) is 5.56 Å². The lowest BCUT2D eigenvalue weighted by Gasteiger charge is -1.96. The Labute approximate surface area is 120 Å². The predicted molar refractivity (Wildman–Crippen MR) is 85.4 cm³/mol. The van der Waals surface area contributed by atoms with E-state index < -0.39 is 0 Å². The second-order valence-electron chi connectivity index (χ2n) is 3.97. The van der Waals surface area contributed by atoms with Gasteiger partial charge >= 0.3 is 0 Å². The highest BCUT2D eigenvalue weighted by Gasteiger charge is 2.09. The van der Waals surface area contributed by atoms with Crippen LogP contribution in [0.5, 0.6) is 0 Å². The maximum Gasteiger partial charge on any atom is 0.276 e. The minimum atomic E-state index is -0.370. The third-order valence-electron chi connectivity index (χ3n) is 2.42. The molecule has 0 aliphatic carbocycles. The lowest BCUT2D eigenvalue weighted by Crippen LogP contribution is -2.07. The van der Waals surface area contributed by atoms with Gasteiger partial charge in [0.2, 0.25) is 0 Å². The summed E-state index contributed by atoms with van der Waals surface area (Å²) in [4.78, 5) is 10.5. The Morgan fingerprint density at radius 2 is 1.75 bits per heavy atom. The van der Waals surface area contributed by atoms with Crippen LogP contribution in [0.2, 0.25) is 0 Å². The highest BCUT2D eigenvalue weighted by atomic mass is 16.6. The van der Waals surface area contributed by atoms with Crippen LogP contribution in [0.25, 0.3) is 6.08 Å². The van der Waals surface area contributed by atoms with Gasteiger partial charge in [0.25, 0.3) is 5.69 Å². The van der Waals surface area contributed by atoms with E-state index in [-0.39, 0.29) is 10.6 Å². The number of benzene rings is 1. The van der Waals surface area contributed by atoms with Crippen LogP contribution >= 0.6 is 0 Å². The molecule has 4 nitrogen and oxygen atoms in total. The fourth-order valence-electron chi connectivity index (χ4n) is 1.49. The topological polar surface area (TPSA) is 46.1 Å². The lowest BCUT2D eigenvalue weighted by molar-refractivity contribution is -0.462. The molecule has 0 aromatic heterocycles. The third-order valence-corrected chi connectivity index (χ3v) is 2.42. The van der Waals surface area contributed by atoms with Gasteiger partial charge in [-0.1, -0.05) is 32.1 Å². The van der Waals surface area contributed by atoms with Crippen molar-refractivity contribution in [1.82, 2.24) is 0 Å². The van der Waals surface area contributed by atoms with Gasteiger partial charge in [-0.3, -0.25) is 10.1 Å². The first kappa shape index (κ1) is 17.8. The third kappa shape index (κ3) is 5.61. The van der Waals surface area contributed by atoms with Crippen molar-refractivity contribution in [3.63, 3.8) is 0 Å². The monoisotopic (exact) mass is 275 g/mol. The first-order valence-electron chi connectivity index (χ1n) is 6.64. The molecule has 0 saturated carbocycles. The van der Waals surface area contributed by atoms with E-state index in [2.05, 4.69) is 0 Å². The highest BCUT2D eigenvalue weighted by molar-refractivity contribution is 6.03. The Hall–Kier alpha value is -2.23. The number of nitro benzene ring substituents is 1. The summed E-state index contributed by atoms with van der Waals surface area (Å²) < 4.78 is 1.95. The number of rotatable bonds is 4. The summed E-state index contributed by atoms with van der Waals surface area (Å²) in [5.74, 6) is 0. The van der Waals surface area contributed by atoms with E-state index in [1.807, 2.05) is 57.7 Å². The summed E-state index contributed by atoms with van der Waals surface area (Å²) in [6.07, 6.45) is 7.50. The largest absolute Gasteiger partial charge is 0.276 e. The zero-order valence-electron chi connectivity index (χ0n) is 12.8. The van der Waals surface area contributed by atoms with Gasteiger partial charge in [0.15, 0.2) is 5.71 Å². The van der Waals surface area contributed by atoms with Crippen molar-refractivity contribution in [2.24, 2.45) is 0 Å². The van der Waals surface area contributed by atoms with Crippen molar-refractivity contribution in [2.75, 3.05) is 14.1 Å². The summed E-state index contributed by atoms with van der Waals surface area (Å²) in [5.41, 5.74) is 1.70. The van der Waals surface area contributed by atoms with Crippen LogP contribution in [-0.4, -0.2) is 29.3 Å². The Morgan fingerprint density at radius 1 is 1.15 bits per heavy atom. The molecular weight excluding hydrogens is 252 g/mol. The first-order valence-corrected chi connectivity index (χ1v) is 6.64. The fourth-order valence-corrected chi connectivity index (χ4v) is 1.49. The first-order chi connectivity index (χ1) is 9.56. The van der Waals surface area contributed by atoms with Gasteiger partial charge < -0.3 is 0 Å². The number of allylic oxidation sites excluding steroid dienone is 3. The van der Waals surface area contributed by atoms with Crippen LogP contribution < -0.4 is 0 Å². The normalized spacial score (nSPS) is 10.2. The van der Waals surface area contributed by atoms with E-state index in [0.717, 1.165) is 5.71 Å². The molecule has 0 N–H and O–H groups in total. The lowest BCUT2D eigenvalue weighted by atomic mass is 10.1. The molecule has 0 unspecified atom stereocenters. The van der Waals surface area contributed by atoms with Gasteiger partial charge in [-0.15, -0.1) is 0 Å². The Morgan fingerprint density at radius 3 is 2.25 bits per heavy atom. The summed E-state index contributed by atoms with van der Waals surface area (Å²) in [7, 11) is 3.86. The molecule has 108 valence electrons. The molecule has 20 heavy (non-hydrogen) atoms. The Bertz CT molecular complexity index is 525. The molecule has 0 amide bonds. The van der Waals surface area contributed by atoms with Crippen molar-refractivity contribution < 1.29 is 9.50 Å². The van der Waals surface area contributed by atoms with E-state index in [1.54, 1.807) is 24.3 Å². The van der Waals surface area contributed by atoms with E-state index >= 15 is 0 Å². The molecule has 4 heteroatoms. The zero-order valence-corrected chi connectivity index (χ0v) is 12.8. The van der Waals surface area contributed by atoms with E-state index in [1.165, 1.54) is 6.07 Å². The Balaban J connectivity index is 0.00000172. The molecule has 0 spiro atoms. The van der Waals surface area contributed by atoms with Crippen molar-refractivity contribution in [2.45, 2.75) is 20.8 Å². The smallest absolute Gasteiger partial charge is 0.258 e. The second kappa shape index (κ2) is 9.67. The fraction of sp³-hybridized carbons (Fsp3) is 0.312. The molecule has 0 radical (unpaired) electrons. The number of hydrogen-bond acceptors (Lipinski definition) is 2. The van der Waals surface area contributed by atoms with Crippen LogP contribution in [-0.2, 0) is 0 Å². The van der Waals surface area contributed by atoms with Crippen molar-refractivity contribution in [1.29, 1.82) is 0 Å². The van der Waals surface area contributed by atoms with Crippen LogP contribution in [0, 0.1) is 10.1 Å². The number of nitrogens with zero attached hydrogens (tertiary/aromatic N) is 2. The van der Waals surface area contributed by atoms with E-state index in [4.69, 9.17) is 0 Å². The quantitative estimate of drug-likeness (QED) is 0.362. The molecule has 0 atom stereocenters. The van der Waals surface area contributed by atoms with Crippen LogP contribution in [0.1, 0.15) is 26.3 Å². The molecule has 0 aliphatic rings. The standard InChI is InChI=1S/C14H17N2O2.C2H6/c1-4-7-13(15(2)3)11-10-12-8-5-6-9-14(12)16(17)18;1-2/h4-11H,1-3H3;1-2H3/q+1;/b7-4-,11-10+;. The maximum absolute atomic E-state index is 10.9. The molecular formula is C16H23N2O2+. The number of para-hydroxylation sites is 1. The summed E-state index contributed by atoms with van der Waals surface area (Å²) >= 11 is 0. The minimum Gasteiger partial charge on any atom is -0.258 e. The maximum atomic E-state index is 10.9. The van der Waals surface area contributed by atoms with Crippen molar-refractivity contribution in [3.05, 3.63) is 58.2 Å². The van der Waals surface area contributed by atoms with Crippen LogP contribution in [0.4, 0.5) is 5.69 Å². The zero-order chi connectivity index (χ0) is 15.5. The number of hydrogen-bond donors (Lipinski definition) is 0. The van der Waals surface area contributed by atoms with Crippen molar-refractivity contribution >= 4 is 17.5 Å². The van der Waals surface area contributed by atoms with Crippen molar-refractivity contribution in [3.8, 4) is 0 Å². The minimum absolute atomic E-state index is 0.118. The molecule has 0 saturated heterocycles. The van der Waals surface area contributed by atoms with Gasteiger partial charge in [-0.25, -0.2) is 4.58 Å². The summed E-state index contributed by atoms with van der Waals surface area (Å²) in [6.45, 7) is 5.93. The number of nitro groups is 1. The van der Waals surface area contributed by atoms with Crippen LogP contribution in [0.3, 0.4) is 0 Å². The molecule has 1 aromatic carbocycles. The van der Waals surface area contributed by atoms with Crippen LogP contribution in [0.15, 0.2) is 42.5 Å². The van der Waals surface area contributed by atoms with Gasteiger partial charge in [0.05, 0.1) is 10.5 Å². The van der Waals surface area contributed by atoms with Gasteiger partial charge in [-0.05, 0) is 19.1 Å². The molecule has 0 heterocycles.